The van der Waals surface area contributed by atoms with Gasteiger partial charge in [0.15, 0.2) is 0 Å². The molecule has 6 aliphatic rings. The predicted octanol–water partition coefficient (Wildman–Crippen LogP) is 2.03. The van der Waals surface area contributed by atoms with Gasteiger partial charge in [0.1, 0.15) is 30.0 Å². The molecule has 2 bridgehead atoms. The first kappa shape index (κ1) is 28.8. The molecular weight excluding hydrogens is 568 g/mol. The zero-order valence-corrected chi connectivity index (χ0v) is 24.7. The van der Waals surface area contributed by atoms with Crippen LogP contribution in [0.1, 0.15) is 78.4 Å². The molecule has 2 aliphatic carbocycles. The minimum atomic E-state index is -2.39. The summed E-state index contributed by atoms with van der Waals surface area (Å²) < 4.78 is 29.5. The van der Waals surface area contributed by atoms with Gasteiger partial charge in [-0.05, 0) is 24.8 Å². The number of ether oxygens (including phenoxy) is 4. The Labute approximate surface area is 247 Å². The van der Waals surface area contributed by atoms with E-state index in [4.69, 9.17) is 33.1 Å². The predicted molar refractivity (Wildman–Crippen MR) is 138 cm³/mol. The summed E-state index contributed by atoms with van der Waals surface area (Å²) >= 11 is 0. The fourth-order valence-corrected chi connectivity index (χ4v) is 10.5. The van der Waals surface area contributed by atoms with Crippen molar-refractivity contribution in [3.8, 4) is 0 Å². The van der Waals surface area contributed by atoms with E-state index >= 15 is 0 Å². The first-order chi connectivity index (χ1) is 20.0. The monoisotopic (exact) mass is 604 g/mol. The molecule has 43 heavy (non-hydrogen) atoms. The molecule has 0 radical (unpaired) electrons. The van der Waals surface area contributed by atoms with Crippen LogP contribution in [0.3, 0.4) is 0 Å². The van der Waals surface area contributed by atoms with Gasteiger partial charge >= 0.3 is 23.9 Å². The molecule has 234 valence electrons. The average Bonchev–Trinajstić information content (AvgIpc) is 3.59. The summed E-state index contributed by atoms with van der Waals surface area (Å²) in [6.07, 6.45) is 0.479. The molecular formula is C30H36O13. The number of carbonyl (C=O) groups is 4. The maximum absolute atomic E-state index is 13.3. The van der Waals surface area contributed by atoms with Crippen molar-refractivity contribution in [2.24, 2.45) is 28.1 Å². The third-order valence-electron chi connectivity index (χ3n) is 12.0. The summed E-state index contributed by atoms with van der Waals surface area (Å²) in [4.78, 5) is 62.0. The molecule has 13 nitrogen and oxygen atoms in total. The van der Waals surface area contributed by atoms with Gasteiger partial charge in [0.25, 0.3) is 0 Å². The Balaban J connectivity index is 1.50. The molecule has 0 amide bonds. The molecule has 7 rings (SSSR count). The summed E-state index contributed by atoms with van der Waals surface area (Å²) in [6, 6.07) is 1.66. The average molecular weight is 605 g/mol. The number of fused-ring (bicyclic) bond motifs is 1. The Bertz CT molecular complexity index is 1420. The quantitative estimate of drug-likeness (QED) is 0.221. The van der Waals surface area contributed by atoms with E-state index in [1.54, 1.807) is 26.8 Å². The van der Waals surface area contributed by atoms with Crippen molar-refractivity contribution in [1.29, 1.82) is 0 Å². The second kappa shape index (κ2) is 8.38. The minimum absolute atomic E-state index is 0.137. The minimum Gasteiger partial charge on any atom is -0.472 e. The fraction of sp³-hybridized carbons (Fsp3) is 0.733. The zero-order valence-electron chi connectivity index (χ0n) is 24.7. The van der Waals surface area contributed by atoms with Crippen LogP contribution in [0.5, 0.6) is 0 Å². The van der Waals surface area contributed by atoms with E-state index in [2.05, 4.69) is 0 Å². The number of furan rings is 1. The Morgan fingerprint density at radius 2 is 1.79 bits per heavy atom. The van der Waals surface area contributed by atoms with Crippen LogP contribution in [-0.4, -0.2) is 69.4 Å². The molecule has 1 aromatic rings. The number of aliphatic hydroxyl groups is 2. The first-order valence-electron chi connectivity index (χ1n) is 14.6. The van der Waals surface area contributed by atoms with Crippen LogP contribution in [0.4, 0.5) is 0 Å². The number of hydrogen-bond acceptors (Lipinski definition) is 13. The highest BCUT2D eigenvalue weighted by Gasteiger charge is 2.97. The molecule has 2 N–H and O–H groups in total. The van der Waals surface area contributed by atoms with Gasteiger partial charge in [-0.15, -0.1) is 0 Å². The lowest BCUT2D eigenvalue weighted by atomic mass is 9.34. The molecule has 1 unspecified atom stereocenters. The smallest absolute Gasteiger partial charge is 0.339 e. The number of rotatable bonds is 4. The molecule has 4 aliphatic heterocycles. The van der Waals surface area contributed by atoms with E-state index in [0.29, 0.717) is 18.4 Å². The summed E-state index contributed by atoms with van der Waals surface area (Å²) in [7, 11) is 0. The molecule has 5 heterocycles. The number of carbonyl (C=O) groups excluding carboxylic acids is 4. The molecule has 0 aromatic carbocycles. The van der Waals surface area contributed by atoms with Gasteiger partial charge in [0.2, 0.25) is 11.4 Å². The van der Waals surface area contributed by atoms with Crippen molar-refractivity contribution in [1.82, 2.24) is 0 Å². The first-order valence-corrected chi connectivity index (χ1v) is 14.6. The van der Waals surface area contributed by atoms with E-state index in [9.17, 15) is 29.4 Å². The Morgan fingerprint density at radius 3 is 2.44 bits per heavy atom. The van der Waals surface area contributed by atoms with E-state index in [0.717, 1.165) is 6.92 Å². The normalized spacial score (nSPS) is 48.7. The SMILES string of the molecule is CC(=O)OO[C@@]12C[C@@]34O[C@@]1(O)[C@]1(COC(=O)C[C@H]1C(C)(C)[C@H]2OC(C)=O)C3CC[C@@]1(C)[C@H](c2ccoc2)OC(=O)C[C@@]14O. The topological polar surface area (TPSA) is 177 Å². The molecule has 2 saturated carbocycles. The summed E-state index contributed by atoms with van der Waals surface area (Å²) in [5.74, 6) is -6.46. The highest BCUT2D eigenvalue weighted by Crippen LogP contribution is 2.84. The van der Waals surface area contributed by atoms with Gasteiger partial charge in [0.05, 0.1) is 24.4 Å². The van der Waals surface area contributed by atoms with Gasteiger partial charge in [-0.3, -0.25) is 19.3 Å². The maximum Gasteiger partial charge on any atom is 0.339 e. The van der Waals surface area contributed by atoms with Crippen LogP contribution in [-0.2, 0) is 47.9 Å². The Kier molecular flexibility index (Phi) is 5.60. The summed E-state index contributed by atoms with van der Waals surface area (Å²) in [5, 5.41) is 26.1. The van der Waals surface area contributed by atoms with Crippen molar-refractivity contribution in [3.63, 3.8) is 0 Å². The molecule has 6 fully saturated rings. The van der Waals surface area contributed by atoms with E-state index in [-0.39, 0.29) is 19.4 Å². The van der Waals surface area contributed by atoms with Gasteiger partial charge in [-0.2, -0.15) is 4.89 Å². The van der Waals surface area contributed by atoms with Crippen molar-refractivity contribution in [2.45, 2.75) is 102 Å². The number of esters is 3. The van der Waals surface area contributed by atoms with Gasteiger partial charge in [-0.1, -0.05) is 20.8 Å². The van der Waals surface area contributed by atoms with Crippen LogP contribution in [0.15, 0.2) is 23.0 Å². The van der Waals surface area contributed by atoms with Crippen molar-refractivity contribution < 1.29 is 62.5 Å². The van der Waals surface area contributed by atoms with Crippen LogP contribution < -0.4 is 0 Å². The van der Waals surface area contributed by atoms with Crippen molar-refractivity contribution >= 4 is 23.9 Å². The largest absolute Gasteiger partial charge is 0.472 e. The lowest BCUT2D eigenvalue weighted by molar-refractivity contribution is -0.461. The maximum atomic E-state index is 13.3. The third kappa shape index (κ3) is 3.02. The fourth-order valence-electron chi connectivity index (χ4n) is 10.5. The van der Waals surface area contributed by atoms with E-state index in [1.807, 2.05) is 0 Å². The molecule has 2 spiro atoms. The summed E-state index contributed by atoms with van der Waals surface area (Å²) in [6.45, 7) is 7.43. The number of cyclic esters (lactones) is 2. The standard InChI is InChI=1S/C30H36O13/c1-15(31)39-23-24(3,4)19-10-20(33)38-14-26(19)18-6-8-25(5)22(17-7-9-37-12-17)40-21(34)11-29(25,35)27(18)13-28(23,30(26,36)42-27)43-41-16(2)32/h7,9,12,18-19,22-23,35-36H,6,8,10-11,13-14H2,1-5H3/t18?,19-,22-,23+,25-,26+,27+,28+,29+,30-/m0/s1. The summed E-state index contributed by atoms with van der Waals surface area (Å²) in [5.41, 5.74) is -8.83. The highest BCUT2D eigenvalue weighted by atomic mass is 17.2. The van der Waals surface area contributed by atoms with Gasteiger partial charge in [0, 0.05) is 49.0 Å². The second-order valence-electron chi connectivity index (χ2n) is 14.1. The van der Waals surface area contributed by atoms with Crippen molar-refractivity contribution in [2.75, 3.05) is 6.61 Å². The van der Waals surface area contributed by atoms with Crippen LogP contribution in [0, 0.1) is 28.1 Å². The van der Waals surface area contributed by atoms with Crippen LogP contribution in [0.2, 0.25) is 0 Å². The Morgan fingerprint density at radius 1 is 1.05 bits per heavy atom. The van der Waals surface area contributed by atoms with Crippen LogP contribution in [0.25, 0.3) is 0 Å². The second-order valence-corrected chi connectivity index (χ2v) is 14.1. The highest BCUT2D eigenvalue weighted by molar-refractivity contribution is 5.74. The molecule has 13 heteroatoms. The lowest BCUT2D eigenvalue weighted by Gasteiger charge is -2.71. The zero-order chi connectivity index (χ0) is 31.0. The van der Waals surface area contributed by atoms with Crippen LogP contribution >= 0.6 is 0 Å². The molecule has 4 saturated heterocycles. The van der Waals surface area contributed by atoms with E-state index < -0.39 is 93.2 Å². The molecule has 10 atom stereocenters. The Hall–Kier alpha value is -3.00. The van der Waals surface area contributed by atoms with Gasteiger partial charge in [-0.25, -0.2) is 4.79 Å². The number of hydrogen-bond donors (Lipinski definition) is 2. The van der Waals surface area contributed by atoms with Crippen molar-refractivity contribution in [3.05, 3.63) is 24.2 Å². The van der Waals surface area contributed by atoms with Gasteiger partial charge < -0.3 is 33.6 Å². The lowest BCUT2D eigenvalue weighted by Crippen LogP contribution is -2.84. The third-order valence-corrected chi connectivity index (χ3v) is 12.0. The molecule has 1 aromatic heterocycles. The van der Waals surface area contributed by atoms with E-state index in [1.165, 1.54) is 19.5 Å².